The lowest BCUT2D eigenvalue weighted by atomic mass is 10.1. The third-order valence-electron chi connectivity index (χ3n) is 2.73. The van der Waals surface area contributed by atoms with Crippen molar-refractivity contribution in [1.29, 1.82) is 0 Å². The average Bonchev–Trinajstić information content (AvgIpc) is 2.78. The van der Waals surface area contributed by atoms with Gasteiger partial charge >= 0.3 is 5.97 Å². The molecule has 6 nitrogen and oxygen atoms in total. The molecule has 0 aliphatic carbocycles. The minimum absolute atomic E-state index is 0.140. The van der Waals surface area contributed by atoms with Crippen LogP contribution in [0.4, 0.5) is 0 Å². The molecule has 0 amide bonds. The van der Waals surface area contributed by atoms with Gasteiger partial charge in [-0.2, -0.15) is 0 Å². The fourth-order valence-electron chi connectivity index (χ4n) is 1.65. The standard InChI is InChI=1S/C12H13ClN4O2/c1-8(2-3-9(18)19)4-5-17-7-16-10-11(13)14-6-15-12(10)17/h4,6-7H,2-3,5H2,1H3,(H,18,19)/b8-4+. The van der Waals surface area contributed by atoms with Crippen molar-refractivity contribution in [1.82, 2.24) is 19.5 Å². The van der Waals surface area contributed by atoms with Crippen molar-refractivity contribution in [3.63, 3.8) is 0 Å². The van der Waals surface area contributed by atoms with Crippen LogP contribution in [-0.2, 0) is 11.3 Å². The van der Waals surface area contributed by atoms with Crippen LogP contribution in [0.1, 0.15) is 19.8 Å². The maximum Gasteiger partial charge on any atom is 0.303 e. The molecule has 0 aromatic carbocycles. The highest BCUT2D eigenvalue weighted by molar-refractivity contribution is 6.33. The third kappa shape index (κ3) is 3.29. The average molecular weight is 281 g/mol. The second-order valence-corrected chi connectivity index (χ2v) is 4.54. The van der Waals surface area contributed by atoms with Crippen molar-refractivity contribution in [2.75, 3.05) is 0 Å². The Morgan fingerprint density at radius 1 is 1.42 bits per heavy atom. The number of carbonyl (C=O) groups is 1. The molecule has 0 spiro atoms. The summed E-state index contributed by atoms with van der Waals surface area (Å²) in [5, 5.41) is 8.94. The van der Waals surface area contributed by atoms with Crippen LogP contribution in [0, 0.1) is 0 Å². The topological polar surface area (TPSA) is 80.9 Å². The second kappa shape index (κ2) is 5.79. The lowest BCUT2D eigenvalue weighted by Crippen LogP contribution is -1.98. The molecule has 0 aliphatic heterocycles. The zero-order chi connectivity index (χ0) is 13.8. The number of rotatable bonds is 5. The first-order valence-corrected chi connectivity index (χ1v) is 6.14. The van der Waals surface area contributed by atoms with Crippen molar-refractivity contribution in [2.24, 2.45) is 0 Å². The van der Waals surface area contributed by atoms with Gasteiger partial charge in [-0.15, -0.1) is 0 Å². The molecule has 19 heavy (non-hydrogen) atoms. The van der Waals surface area contributed by atoms with Crippen molar-refractivity contribution >= 4 is 28.7 Å². The molecule has 0 aliphatic rings. The third-order valence-corrected chi connectivity index (χ3v) is 3.00. The fourth-order valence-corrected chi connectivity index (χ4v) is 1.82. The van der Waals surface area contributed by atoms with E-state index in [9.17, 15) is 4.79 Å². The summed E-state index contributed by atoms with van der Waals surface area (Å²) in [6.07, 6.45) is 5.68. The minimum atomic E-state index is -0.791. The lowest BCUT2D eigenvalue weighted by Gasteiger charge is -2.01. The minimum Gasteiger partial charge on any atom is -0.481 e. The van der Waals surface area contributed by atoms with E-state index in [0.717, 1.165) is 5.57 Å². The summed E-state index contributed by atoms with van der Waals surface area (Å²) in [6, 6.07) is 0. The highest BCUT2D eigenvalue weighted by Gasteiger charge is 2.07. The summed E-state index contributed by atoms with van der Waals surface area (Å²) in [5.74, 6) is -0.791. The molecule has 100 valence electrons. The number of aliphatic carboxylic acids is 1. The van der Waals surface area contributed by atoms with Gasteiger partial charge in [0.1, 0.15) is 11.8 Å². The molecule has 0 fully saturated rings. The Balaban J connectivity index is 2.11. The number of aromatic nitrogens is 4. The number of carboxylic acid groups (broad SMARTS) is 1. The largest absolute Gasteiger partial charge is 0.481 e. The van der Waals surface area contributed by atoms with Gasteiger partial charge in [-0.05, 0) is 13.3 Å². The summed E-state index contributed by atoms with van der Waals surface area (Å²) in [5.41, 5.74) is 2.26. The zero-order valence-corrected chi connectivity index (χ0v) is 11.1. The lowest BCUT2D eigenvalue weighted by molar-refractivity contribution is -0.136. The Morgan fingerprint density at radius 2 is 2.21 bits per heavy atom. The molecule has 2 aromatic rings. The fraction of sp³-hybridized carbons (Fsp3) is 0.333. The molecule has 0 radical (unpaired) electrons. The van der Waals surface area contributed by atoms with E-state index < -0.39 is 5.97 Å². The van der Waals surface area contributed by atoms with Gasteiger partial charge in [0.25, 0.3) is 0 Å². The van der Waals surface area contributed by atoms with Crippen molar-refractivity contribution in [3.8, 4) is 0 Å². The van der Waals surface area contributed by atoms with Crippen molar-refractivity contribution < 1.29 is 9.90 Å². The van der Waals surface area contributed by atoms with Crippen LogP contribution in [0.3, 0.4) is 0 Å². The maximum atomic E-state index is 10.5. The van der Waals surface area contributed by atoms with Gasteiger partial charge in [-0.25, -0.2) is 15.0 Å². The normalized spacial score (nSPS) is 12.0. The number of carboxylic acids is 1. The number of halogens is 1. The molecular formula is C12H13ClN4O2. The highest BCUT2D eigenvalue weighted by Crippen LogP contribution is 2.17. The number of hydrogen-bond donors (Lipinski definition) is 1. The van der Waals surface area contributed by atoms with E-state index in [1.54, 1.807) is 6.33 Å². The van der Waals surface area contributed by atoms with Crippen LogP contribution >= 0.6 is 11.6 Å². The van der Waals surface area contributed by atoms with E-state index in [1.807, 2.05) is 17.6 Å². The number of allylic oxidation sites excluding steroid dienone is 2. The Labute approximate surface area is 114 Å². The predicted octanol–water partition coefficient (Wildman–Crippen LogP) is 2.29. The molecule has 2 aromatic heterocycles. The second-order valence-electron chi connectivity index (χ2n) is 4.18. The monoisotopic (exact) mass is 280 g/mol. The van der Waals surface area contributed by atoms with Crippen LogP contribution in [0.5, 0.6) is 0 Å². The first kappa shape index (κ1) is 13.5. The van der Waals surface area contributed by atoms with Gasteiger partial charge in [0.05, 0.1) is 6.33 Å². The van der Waals surface area contributed by atoms with E-state index in [2.05, 4.69) is 15.0 Å². The van der Waals surface area contributed by atoms with E-state index >= 15 is 0 Å². The Morgan fingerprint density at radius 3 is 2.95 bits per heavy atom. The number of nitrogens with zero attached hydrogens (tertiary/aromatic N) is 4. The van der Waals surface area contributed by atoms with Gasteiger partial charge in [-0.3, -0.25) is 4.79 Å². The van der Waals surface area contributed by atoms with Gasteiger partial charge < -0.3 is 9.67 Å². The molecule has 0 unspecified atom stereocenters. The Hall–Kier alpha value is -1.95. The van der Waals surface area contributed by atoms with Gasteiger partial charge in [-0.1, -0.05) is 23.3 Å². The molecule has 2 heterocycles. The van der Waals surface area contributed by atoms with E-state index in [1.165, 1.54) is 6.33 Å². The summed E-state index contributed by atoms with van der Waals surface area (Å²) in [4.78, 5) is 22.6. The predicted molar refractivity (Wildman–Crippen MR) is 71.0 cm³/mol. The zero-order valence-electron chi connectivity index (χ0n) is 10.4. The quantitative estimate of drug-likeness (QED) is 0.671. The van der Waals surface area contributed by atoms with E-state index in [-0.39, 0.29) is 6.42 Å². The number of imidazole rings is 1. The van der Waals surface area contributed by atoms with E-state index in [0.29, 0.717) is 29.3 Å². The SMILES string of the molecule is C/C(=C\Cn1cnc2c(Cl)ncnc21)CCC(=O)O. The molecule has 1 N–H and O–H groups in total. The van der Waals surface area contributed by atoms with Crippen LogP contribution in [0.25, 0.3) is 11.2 Å². The summed E-state index contributed by atoms with van der Waals surface area (Å²) in [6.45, 7) is 2.49. The summed E-state index contributed by atoms with van der Waals surface area (Å²) < 4.78 is 1.84. The van der Waals surface area contributed by atoms with Crippen LogP contribution < -0.4 is 0 Å². The molecule has 0 atom stereocenters. The molecule has 2 rings (SSSR count). The van der Waals surface area contributed by atoms with Gasteiger partial charge in [0, 0.05) is 13.0 Å². The molecule has 0 saturated carbocycles. The van der Waals surface area contributed by atoms with Crippen LogP contribution in [0.15, 0.2) is 24.3 Å². The molecule has 0 saturated heterocycles. The smallest absolute Gasteiger partial charge is 0.303 e. The first-order valence-electron chi connectivity index (χ1n) is 5.76. The molecule has 0 bridgehead atoms. The number of hydrogen-bond acceptors (Lipinski definition) is 4. The maximum absolute atomic E-state index is 10.5. The van der Waals surface area contributed by atoms with Crippen LogP contribution in [-0.4, -0.2) is 30.6 Å². The summed E-state index contributed by atoms with van der Waals surface area (Å²) in [7, 11) is 0. The van der Waals surface area contributed by atoms with Gasteiger partial charge in [0.2, 0.25) is 0 Å². The Kier molecular flexibility index (Phi) is 4.11. The van der Waals surface area contributed by atoms with Crippen molar-refractivity contribution in [2.45, 2.75) is 26.3 Å². The van der Waals surface area contributed by atoms with Gasteiger partial charge in [0.15, 0.2) is 10.8 Å². The number of fused-ring (bicyclic) bond motifs is 1. The van der Waals surface area contributed by atoms with Crippen LogP contribution in [0.2, 0.25) is 5.15 Å². The van der Waals surface area contributed by atoms with Crippen molar-refractivity contribution in [3.05, 3.63) is 29.5 Å². The highest BCUT2D eigenvalue weighted by atomic mass is 35.5. The first-order chi connectivity index (χ1) is 9.08. The molecular weight excluding hydrogens is 268 g/mol. The Bertz CT molecular complexity index is 636. The van der Waals surface area contributed by atoms with E-state index in [4.69, 9.17) is 16.7 Å². The molecule has 7 heteroatoms. The summed E-state index contributed by atoms with van der Waals surface area (Å²) >= 11 is 5.91.